The van der Waals surface area contributed by atoms with Gasteiger partial charge < -0.3 is 5.32 Å². The van der Waals surface area contributed by atoms with Gasteiger partial charge >= 0.3 is 0 Å². The maximum absolute atomic E-state index is 13.4. The van der Waals surface area contributed by atoms with Gasteiger partial charge in [0, 0.05) is 30.0 Å². The molecule has 6 nitrogen and oxygen atoms in total. The van der Waals surface area contributed by atoms with E-state index >= 15 is 0 Å². The Morgan fingerprint density at radius 1 is 1.09 bits per heavy atom. The molecule has 2 saturated carbocycles. The molecule has 2 fully saturated rings. The Morgan fingerprint density at radius 2 is 1.75 bits per heavy atom. The van der Waals surface area contributed by atoms with E-state index in [1.54, 1.807) is 37.3 Å². The molecule has 0 heterocycles. The molecule has 0 spiro atoms. The number of ketones is 1. The summed E-state index contributed by atoms with van der Waals surface area (Å²) in [6.45, 7) is 1.99. The molecule has 2 unspecified atom stereocenters. The Kier molecular flexibility index (Phi) is 6.58. The first kappa shape index (κ1) is 22.8. The number of fused-ring (bicyclic) bond motifs is 2. The number of hydrogen-bond acceptors (Lipinski definition) is 4. The number of benzene rings is 2. The van der Waals surface area contributed by atoms with Crippen LogP contribution in [-0.4, -0.2) is 26.7 Å². The fourth-order valence-corrected chi connectivity index (χ4v) is 6.90. The van der Waals surface area contributed by atoms with Crippen LogP contribution in [0.25, 0.3) is 0 Å². The molecule has 2 atom stereocenters. The largest absolute Gasteiger partial charge is 0.326 e. The van der Waals surface area contributed by atoms with E-state index in [9.17, 15) is 18.0 Å². The van der Waals surface area contributed by atoms with E-state index in [1.165, 1.54) is 16.4 Å². The normalized spacial score (nSPS) is 22.9. The van der Waals surface area contributed by atoms with Gasteiger partial charge in [-0.2, -0.15) is 0 Å². The van der Waals surface area contributed by atoms with Gasteiger partial charge in [0.15, 0.2) is 0 Å². The van der Waals surface area contributed by atoms with Gasteiger partial charge in [-0.05, 0) is 62.9 Å². The number of hydrogen-bond donors (Lipinski definition) is 1. The summed E-state index contributed by atoms with van der Waals surface area (Å²) in [6, 6.07) is 13.3. The summed E-state index contributed by atoms with van der Waals surface area (Å²) >= 11 is 6.28. The van der Waals surface area contributed by atoms with Gasteiger partial charge in [0.25, 0.3) is 10.0 Å². The molecular weight excluding hydrogens is 448 g/mol. The van der Waals surface area contributed by atoms with Crippen LogP contribution >= 0.6 is 11.6 Å². The quantitative estimate of drug-likeness (QED) is 0.646. The maximum Gasteiger partial charge on any atom is 0.265 e. The van der Waals surface area contributed by atoms with Crippen molar-refractivity contribution in [2.45, 2.75) is 43.9 Å². The van der Waals surface area contributed by atoms with Crippen molar-refractivity contribution in [2.24, 2.45) is 17.8 Å². The summed E-state index contributed by atoms with van der Waals surface area (Å²) in [5.74, 6) is -0.154. The average molecular weight is 475 g/mol. The van der Waals surface area contributed by atoms with E-state index < -0.39 is 10.0 Å². The highest BCUT2D eigenvalue weighted by Gasteiger charge is 2.41. The third-order valence-electron chi connectivity index (χ3n) is 6.52. The number of amides is 1. The van der Waals surface area contributed by atoms with E-state index in [0.29, 0.717) is 30.0 Å². The van der Waals surface area contributed by atoms with Crippen LogP contribution in [0, 0.1) is 17.8 Å². The molecule has 8 heteroatoms. The van der Waals surface area contributed by atoms with Gasteiger partial charge in [-0.25, -0.2) is 8.42 Å². The van der Waals surface area contributed by atoms with Gasteiger partial charge in [-0.1, -0.05) is 36.2 Å². The molecule has 32 heavy (non-hydrogen) atoms. The van der Waals surface area contributed by atoms with Crippen LogP contribution in [0.15, 0.2) is 53.4 Å². The molecule has 2 aromatic rings. The molecule has 2 aliphatic rings. The fourth-order valence-electron chi connectivity index (χ4n) is 4.92. The summed E-state index contributed by atoms with van der Waals surface area (Å²) in [7, 11) is -3.93. The van der Waals surface area contributed by atoms with Gasteiger partial charge in [0.1, 0.15) is 10.7 Å². The minimum atomic E-state index is -3.93. The van der Waals surface area contributed by atoms with Crippen LogP contribution in [0.4, 0.5) is 11.4 Å². The summed E-state index contributed by atoms with van der Waals surface area (Å²) in [5.41, 5.74) is 0.920. The van der Waals surface area contributed by atoms with E-state index in [0.717, 1.165) is 19.3 Å². The second-order valence-corrected chi connectivity index (χ2v) is 10.8. The first-order valence-corrected chi connectivity index (χ1v) is 12.8. The van der Waals surface area contributed by atoms with Crippen molar-refractivity contribution < 1.29 is 18.0 Å². The zero-order chi connectivity index (χ0) is 22.9. The van der Waals surface area contributed by atoms with Crippen LogP contribution in [0.5, 0.6) is 0 Å². The topological polar surface area (TPSA) is 83.6 Å². The molecule has 2 aliphatic carbocycles. The monoisotopic (exact) mass is 474 g/mol. The predicted molar refractivity (Wildman–Crippen MR) is 125 cm³/mol. The first-order valence-electron chi connectivity index (χ1n) is 11.0. The van der Waals surface area contributed by atoms with Crippen molar-refractivity contribution in [3.8, 4) is 0 Å². The Bertz CT molecular complexity index is 1100. The fraction of sp³-hybridized carbons (Fsp3) is 0.417. The highest BCUT2D eigenvalue weighted by molar-refractivity contribution is 7.93. The van der Waals surface area contributed by atoms with E-state index in [2.05, 4.69) is 5.32 Å². The standard InChI is InChI=1S/C24H27ClN2O4S/c1-2-27(20-9-4-3-5-10-20)32(30,31)22-15-19(11-12-21(22)25)26-24(29)18-13-16-7-6-8-17(14-18)23(16)28/h3-5,9-12,15-18H,2,6-8,13-14H2,1H3,(H,26,29). The van der Waals surface area contributed by atoms with Crippen molar-refractivity contribution in [3.05, 3.63) is 53.6 Å². The summed E-state index contributed by atoms with van der Waals surface area (Å²) < 4.78 is 28.1. The average Bonchev–Trinajstić information content (AvgIpc) is 2.76. The number of nitrogens with one attached hydrogen (secondary N) is 1. The lowest BCUT2D eigenvalue weighted by Gasteiger charge is -2.36. The highest BCUT2D eigenvalue weighted by atomic mass is 35.5. The van der Waals surface area contributed by atoms with E-state index in [-0.39, 0.29) is 40.1 Å². The van der Waals surface area contributed by atoms with Gasteiger partial charge in [-0.3, -0.25) is 13.9 Å². The van der Waals surface area contributed by atoms with E-state index in [1.807, 2.05) is 6.07 Å². The number of nitrogens with zero attached hydrogens (tertiary/aromatic N) is 1. The third kappa shape index (κ3) is 4.41. The zero-order valence-corrected chi connectivity index (χ0v) is 19.5. The molecule has 0 radical (unpaired) electrons. The molecule has 4 rings (SSSR count). The minimum absolute atomic E-state index is 0.0246. The molecule has 0 aromatic heterocycles. The van der Waals surface area contributed by atoms with Crippen LogP contribution < -0.4 is 9.62 Å². The molecular formula is C24H27ClN2O4S. The van der Waals surface area contributed by atoms with E-state index in [4.69, 9.17) is 11.6 Å². The number of carbonyl (C=O) groups is 2. The molecule has 0 saturated heterocycles. The molecule has 2 aromatic carbocycles. The number of rotatable bonds is 6. The SMILES string of the molecule is CCN(c1ccccc1)S(=O)(=O)c1cc(NC(=O)C2CC3CCCC(C2)C3=O)ccc1Cl. The first-order chi connectivity index (χ1) is 15.3. The highest BCUT2D eigenvalue weighted by Crippen LogP contribution is 2.40. The lowest BCUT2D eigenvalue weighted by Crippen LogP contribution is -2.40. The number of sulfonamides is 1. The summed E-state index contributed by atoms with van der Waals surface area (Å²) in [4.78, 5) is 25.2. The summed E-state index contributed by atoms with van der Waals surface area (Å²) in [5, 5.41) is 2.95. The number of para-hydroxylation sites is 1. The van der Waals surface area contributed by atoms with Crippen molar-refractivity contribution in [2.75, 3.05) is 16.2 Å². The third-order valence-corrected chi connectivity index (χ3v) is 8.90. The van der Waals surface area contributed by atoms with Crippen LogP contribution in [-0.2, 0) is 19.6 Å². The number of anilines is 2. The lowest BCUT2D eigenvalue weighted by molar-refractivity contribution is -0.136. The van der Waals surface area contributed by atoms with Crippen molar-refractivity contribution in [3.63, 3.8) is 0 Å². The van der Waals surface area contributed by atoms with Crippen molar-refractivity contribution in [1.82, 2.24) is 0 Å². The zero-order valence-electron chi connectivity index (χ0n) is 18.0. The Balaban J connectivity index is 1.56. The van der Waals surface area contributed by atoms with Gasteiger partial charge in [0.2, 0.25) is 5.91 Å². The lowest BCUT2D eigenvalue weighted by atomic mass is 9.67. The molecule has 0 aliphatic heterocycles. The van der Waals surface area contributed by atoms with Crippen LogP contribution in [0.1, 0.15) is 39.0 Å². The smallest absolute Gasteiger partial charge is 0.265 e. The molecule has 1 N–H and O–H groups in total. The molecule has 2 bridgehead atoms. The Morgan fingerprint density at radius 3 is 2.38 bits per heavy atom. The second kappa shape index (κ2) is 9.24. The summed E-state index contributed by atoms with van der Waals surface area (Å²) in [6.07, 6.45) is 3.89. The molecule has 170 valence electrons. The number of carbonyl (C=O) groups excluding carboxylic acids is 2. The van der Waals surface area contributed by atoms with Crippen molar-refractivity contribution >= 4 is 44.7 Å². The van der Waals surface area contributed by atoms with Crippen LogP contribution in [0.3, 0.4) is 0 Å². The second-order valence-electron chi connectivity index (χ2n) is 8.54. The predicted octanol–water partition coefficient (Wildman–Crippen LogP) is 4.89. The minimum Gasteiger partial charge on any atom is -0.326 e. The van der Waals surface area contributed by atoms with Gasteiger partial charge in [-0.15, -0.1) is 0 Å². The molecule has 1 amide bonds. The Hall–Kier alpha value is -2.38. The van der Waals surface area contributed by atoms with Crippen molar-refractivity contribution in [1.29, 1.82) is 0 Å². The number of Topliss-reactive ketones (excluding diaryl/α,β-unsaturated/α-hetero) is 1. The number of halogens is 1. The van der Waals surface area contributed by atoms with Crippen LogP contribution in [0.2, 0.25) is 5.02 Å². The Labute approximate surface area is 194 Å². The maximum atomic E-state index is 13.4. The van der Waals surface area contributed by atoms with Gasteiger partial charge in [0.05, 0.1) is 10.7 Å².